The van der Waals surface area contributed by atoms with Gasteiger partial charge in [-0.1, -0.05) is 31.2 Å². The third-order valence-electron chi connectivity index (χ3n) is 6.57. The Morgan fingerprint density at radius 2 is 2.06 bits per heavy atom. The largest absolute Gasteiger partial charge is 0.508 e. The highest BCUT2D eigenvalue weighted by Gasteiger charge is 2.25. The number of nitrogen functional groups attached to an aromatic ring is 1. The zero-order valence-corrected chi connectivity index (χ0v) is 18.8. The quantitative estimate of drug-likeness (QED) is 0.636. The summed E-state index contributed by atoms with van der Waals surface area (Å²) in [4.78, 5) is 13.9. The summed E-state index contributed by atoms with van der Waals surface area (Å²) >= 11 is 0. The van der Waals surface area contributed by atoms with Gasteiger partial charge in [0.1, 0.15) is 17.7 Å². The topological polar surface area (TPSA) is 87.7 Å². The molecule has 0 bridgehead atoms. The van der Waals surface area contributed by atoms with Gasteiger partial charge < -0.3 is 20.5 Å². The molecule has 3 heterocycles. The number of aromatic hydroxyl groups is 1. The summed E-state index contributed by atoms with van der Waals surface area (Å²) in [5, 5.41) is 12.4. The van der Waals surface area contributed by atoms with Crippen LogP contribution in [0.4, 0.5) is 11.5 Å². The number of ether oxygens (including phenoxy) is 1. The first-order valence-corrected chi connectivity index (χ1v) is 11.5. The number of nitrogens with zero attached hydrogens (tertiary/aromatic N) is 4. The smallest absolute Gasteiger partial charge is 0.318 e. The molecule has 1 aromatic heterocycles. The minimum atomic E-state index is -0.00698. The van der Waals surface area contributed by atoms with Crippen LogP contribution in [0.3, 0.4) is 0 Å². The Hall–Kier alpha value is -3.06. The van der Waals surface area contributed by atoms with Gasteiger partial charge in [-0.15, -0.1) is 0 Å². The summed E-state index contributed by atoms with van der Waals surface area (Å²) in [6.07, 6.45) is 1.99. The van der Waals surface area contributed by atoms with Crippen LogP contribution in [0.25, 0.3) is 10.8 Å². The second-order valence-corrected chi connectivity index (χ2v) is 9.26. The maximum absolute atomic E-state index is 10.3. The first-order valence-electron chi connectivity index (χ1n) is 11.5. The third kappa shape index (κ3) is 4.17. The molecule has 2 atom stereocenters. The summed E-state index contributed by atoms with van der Waals surface area (Å²) in [6, 6.07) is 12.1. The van der Waals surface area contributed by atoms with E-state index < -0.39 is 0 Å². The molecule has 0 amide bonds. The monoisotopic (exact) mass is 433 g/mol. The van der Waals surface area contributed by atoms with Crippen LogP contribution in [0.5, 0.6) is 11.8 Å². The standard InChI is InChI=1S/C25H31N5O2/c1-16-7-9-29(13-16)14-17(2)32-25-27-22-15-30(10-8-21(22)24(26)28-25)23-12-19(31)11-18-5-3-4-6-20(18)23/h3-6,11-12,16-17,31H,7-10,13-15H2,1-2H3,(H2,26,27,28)/t16-,17+/m0/s1. The number of anilines is 2. The molecule has 2 aliphatic rings. The zero-order valence-electron chi connectivity index (χ0n) is 18.8. The van der Waals surface area contributed by atoms with Gasteiger partial charge in [-0.3, -0.25) is 4.90 Å². The van der Waals surface area contributed by atoms with Crippen LogP contribution in [0.1, 0.15) is 31.5 Å². The van der Waals surface area contributed by atoms with Crippen LogP contribution >= 0.6 is 0 Å². The highest BCUT2D eigenvalue weighted by molar-refractivity contribution is 5.95. The number of fused-ring (bicyclic) bond motifs is 2. The van der Waals surface area contributed by atoms with Gasteiger partial charge in [-0.05, 0) is 43.7 Å². The molecule has 7 nitrogen and oxygen atoms in total. The van der Waals surface area contributed by atoms with E-state index in [0.717, 1.165) is 66.2 Å². The first-order chi connectivity index (χ1) is 15.5. The average molecular weight is 434 g/mol. The van der Waals surface area contributed by atoms with Crippen molar-refractivity contribution in [1.29, 1.82) is 0 Å². The molecule has 3 N–H and O–H groups in total. The molecule has 7 heteroatoms. The molecular formula is C25H31N5O2. The van der Waals surface area contributed by atoms with E-state index in [9.17, 15) is 5.11 Å². The minimum absolute atomic E-state index is 0.00698. The molecule has 168 valence electrons. The molecule has 0 radical (unpaired) electrons. The second-order valence-electron chi connectivity index (χ2n) is 9.26. The number of phenols is 1. The van der Waals surface area contributed by atoms with Crippen LogP contribution in [0.2, 0.25) is 0 Å². The van der Waals surface area contributed by atoms with Gasteiger partial charge in [-0.2, -0.15) is 9.97 Å². The van der Waals surface area contributed by atoms with E-state index in [2.05, 4.69) is 34.7 Å². The molecule has 0 unspecified atom stereocenters. The lowest BCUT2D eigenvalue weighted by Gasteiger charge is -2.31. The molecular weight excluding hydrogens is 402 g/mol. The van der Waals surface area contributed by atoms with Crippen molar-refractivity contribution < 1.29 is 9.84 Å². The van der Waals surface area contributed by atoms with E-state index in [-0.39, 0.29) is 11.9 Å². The number of hydrogen-bond acceptors (Lipinski definition) is 7. The number of rotatable bonds is 5. The zero-order chi connectivity index (χ0) is 22.2. The number of likely N-dealkylation sites (tertiary alicyclic amines) is 1. The number of benzene rings is 2. The van der Waals surface area contributed by atoms with Crippen LogP contribution in [-0.2, 0) is 13.0 Å². The van der Waals surface area contributed by atoms with Crippen molar-refractivity contribution in [3.05, 3.63) is 47.7 Å². The molecule has 0 aliphatic carbocycles. The number of nitrogens with two attached hydrogens (primary N) is 1. The summed E-state index contributed by atoms with van der Waals surface area (Å²) in [5.74, 6) is 1.52. The van der Waals surface area contributed by atoms with E-state index in [1.807, 2.05) is 24.3 Å². The Morgan fingerprint density at radius 3 is 2.88 bits per heavy atom. The summed E-state index contributed by atoms with van der Waals surface area (Å²) in [6.45, 7) is 8.85. The Kier molecular flexibility index (Phi) is 5.51. The van der Waals surface area contributed by atoms with Gasteiger partial charge in [0.05, 0.1) is 12.2 Å². The van der Waals surface area contributed by atoms with E-state index in [1.165, 1.54) is 6.42 Å². The van der Waals surface area contributed by atoms with Crippen molar-refractivity contribution in [2.75, 3.05) is 36.8 Å². The van der Waals surface area contributed by atoms with Crippen molar-refractivity contribution in [3.63, 3.8) is 0 Å². The van der Waals surface area contributed by atoms with Gasteiger partial charge in [-0.25, -0.2) is 0 Å². The van der Waals surface area contributed by atoms with Gasteiger partial charge >= 0.3 is 6.01 Å². The highest BCUT2D eigenvalue weighted by Crippen LogP contribution is 2.35. The van der Waals surface area contributed by atoms with Crippen molar-refractivity contribution in [3.8, 4) is 11.8 Å². The van der Waals surface area contributed by atoms with Crippen LogP contribution in [-0.4, -0.2) is 52.3 Å². The number of phenolic OH excluding ortho intramolecular Hbond substituents is 1. The van der Waals surface area contributed by atoms with E-state index in [1.54, 1.807) is 6.07 Å². The van der Waals surface area contributed by atoms with Gasteiger partial charge in [0.2, 0.25) is 0 Å². The predicted molar refractivity (Wildman–Crippen MR) is 127 cm³/mol. The molecule has 1 saturated heterocycles. The van der Waals surface area contributed by atoms with Crippen LogP contribution in [0, 0.1) is 5.92 Å². The summed E-state index contributed by atoms with van der Waals surface area (Å²) in [5.41, 5.74) is 9.20. The van der Waals surface area contributed by atoms with Crippen LogP contribution < -0.4 is 15.4 Å². The third-order valence-corrected chi connectivity index (χ3v) is 6.57. The minimum Gasteiger partial charge on any atom is -0.508 e. The molecule has 0 spiro atoms. The molecule has 2 aliphatic heterocycles. The molecule has 2 aromatic carbocycles. The van der Waals surface area contributed by atoms with Gasteiger partial charge in [0.15, 0.2) is 0 Å². The lowest BCUT2D eigenvalue weighted by Crippen LogP contribution is -2.34. The van der Waals surface area contributed by atoms with Crippen molar-refractivity contribution in [2.45, 2.75) is 39.3 Å². The predicted octanol–water partition coefficient (Wildman–Crippen LogP) is 3.59. The normalized spacial score (nSPS) is 19.8. The maximum Gasteiger partial charge on any atom is 0.318 e. The molecule has 5 rings (SSSR count). The summed E-state index contributed by atoms with van der Waals surface area (Å²) in [7, 11) is 0. The fraction of sp³-hybridized carbons (Fsp3) is 0.440. The second kappa shape index (κ2) is 8.47. The lowest BCUT2D eigenvalue weighted by molar-refractivity contribution is 0.148. The van der Waals surface area contributed by atoms with Crippen molar-refractivity contribution in [1.82, 2.24) is 14.9 Å². The number of aromatic nitrogens is 2. The van der Waals surface area contributed by atoms with E-state index >= 15 is 0 Å². The highest BCUT2D eigenvalue weighted by atomic mass is 16.5. The Bertz CT molecular complexity index is 1130. The average Bonchev–Trinajstić information content (AvgIpc) is 3.17. The van der Waals surface area contributed by atoms with E-state index in [4.69, 9.17) is 15.5 Å². The maximum atomic E-state index is 10.3. The van der Waals surface area contributed by atoms with E-state index in [0.29, 0.717) is 18.4 Å². The van der Waals surface area contributed by atoms with Crippen molar-refractivity contribution in [2.24, 2.45) is 5.92 Å². The van der Waals surface area contributed by atoms with Crippen LogP contribution in [0.15, 0.2) is 36.4 Å². The number of hydrogen-bond donors (Lipinski definition) is 2. The fourth-order valence-electron chi connectivity index (χ4n) is 5.00. The Balaban J connectivity index is 1.37. The molecule has 1 fully saturated rings. The first kappa shape index (κ1) is 20.8. The van der Waals surface area contributed by atoms with Crippen molar-refractivity contribution >= 4 is 22.3 Å². The Morgan fingerprint density at radius 1 is 1.22 bits per heavy atom. The summed E-state index contributed by atoms with van der Waals surface area (Å²) < 4.78 is 6.09. The fourth-order valence-corrected chi connectivity index (χ4v) is 5.00. The SMILES string of the molecule is C[C@H]1CCN(C[C@@H](C)Oc2nc(N)c3c(n2)CN(c2cc(O)cc4ccccc24)CC3)C1. The Labute approximate surface area is 188 Å². The van der Waals surface area contributed by atoms with Gasteiger partial charge in [0.25, 0.3) is 0 Å². The molecule has 0 saturated carbocycles. The molecule has 3 aromatic rings. The van der Waals surface area contributed by atoms with Gasteiger partial charge in [0, 0.05) is 42.3 Å². The lowest BCUT2D eigenvalue weighted by atomic mass is 10.0. The molecule has 32 heavy (non-hydrogen) atoms.